The Kier molecular flexibility index (Phi) is 3.47. The normalized spacial score (nSPS) is 15.5. The van der Waals surface area contributed by atoms with Gasteiger partial charge in [0.05, 0.1) is 12.1 Å². The predicted molar refractivity (Wildman–Crippen MR) is 57.5 cm³/mol. The van der Waals surface area contributed by atoms with E-state index in [1.165, 1.54) is 5.56 Å². The van der Waals surface area contributed by atoms with E-state index in [1.54, 1.807) is 6.92 Å². The highest BCUT2D eigenvalue weighted by Crippen LogP contribution is 2.24. The van der Waals surface area contributed by atoms with Gasteiger partial charge in [-0.05, 0) is 31.0 Å². The fourth-order valence-corrected chi connectivity index (χ4v) is 1.92. The molecule has 0 spiro atoms. The quantitative estimate of drug-likeness (QED) is 0.837. The number of halogens is 1. The van der Waals surface area contributed by atoms with Crippen molar-refractivity contribution in [1.29, 1.82) is 0 Å². The van der Waals surface area contributed by atoms with Crippen LogP contribution in [0.2, 0.25) is 0 Å². The van der Waals surface area contributed by atoms with E-state index in [9.17, 15) is 5.11 Å². The van der Waals surface area contributed by atoms with Crippen molar-refractivity contribution in [3.05, 3.63) is 33.8 Å². The van der Waals surface area contributed by atoms with Gasteiger partial charge in [0.25, 0.3) is 0 Å². The van der Waals surface area contributed by atoms with E-state index in [0.717, 1.165) is 10.0 Å². The first kappa shape index (κ1) is 10.7. The number of rotatable bonds is 2. The monoisotopic (exact) mass is 243 g/mol. The SMILES string of the molecule is Cc1ccc(C(N)C(C)O)c(Br)c1. The minimum absolute atomic E-state index is 0.324. The summed E-state index contributed by atoms with van der Waals surface area (Å²) in [5.41, 5.74) is 7.93. The molecule has 0 saturated carbocycles. The van der Waals surface area contributed by atoms with E-state index in [1.807, 2.05) is 25.1 Å². The summed E-state index contributed by atoms with van der Waals surface area (Å²) in [5.74, 6) is 0. The van der Waals surface area contributed by atoms with Gasteiger partial charge in [-0.25, -0.2) is 0 Å². The molecule has 0 aliphatic rings. The summed E-state index contributed by atoms with van der Waals surface area (Å²) in [7, 11) is 0. The van der Waals surface area contributed by atoms with Gasteiger partial charge in [-0.3, -0.25) is 0 Å². The Hall–Kier alpha value is -0.380. The van der Waals surface area contributed by atoms with Crippen molar-refractivity contribution in [2.24, 2.45) is 5.73 Å². The second-order valence-electron chi connectivity index (χ2n) is 3.29. The van der Waals surface area contributed by atoms with Crippen molar-refractivity contribution in [1.82, 2.24) is 0 Å². The summed E-state index contributed by atoms with van der Waals surface area (Å²) in [6.45, 7) is 3.71. The highest BCUT2D eigenvalue weighted by molar-refractivity contribution is 9.10. The van der Waals surface area contributed by atoms with Crippen LogP contribution in [0.3, 0.4) is 0 Å². The lowest BCUT2D eigenvalue weighted by atomic mass is 10.0. The van der Waals surface area contributed by atoms with Crippen LogP contribution in [0.4, 0.5) is 0 Å². The highest BCUT2D eigenvalue weighted by Gasteiger charge is 2.14. The van der Waals surface area contributed by atoms with Crippen molar-refractivity contribution < 1.29 is 5.11 Å². The molecule has 1 rings (SSSR count). The maximum absolute atomic E-state index is 9.32. The standard InChI is InChI=1S/C10H14BrNO/c1-6-3-4-8(9(11)5-6)10(12)7(2)13/h3-5,7,10,13H,12H2,1-2H3. The highest BCUT2D eigenvalue weighted by atomic mass is 79.9. The van der Waals surface area contributed by atoms with Crippen molar-refractivity contribution in [3.8, 4) is 0 Å². The zero-order valence-electron chi connectivity index (χ0n) is 7.79. The summed E-state index contributed by atoms with van der Waals surface area (Å²) in [4.78, 5) is 0. The van der Waals surface area contributed by atoms with Crippen LogP contribution in [-0.4, -0.2) is 11.2 Å². The van der Waals surface area contributed by atoms with Crippen LogP contribution in [0, 0.1) is 6.92 Å². The molecule has 2 unspecified atom stereocenters. The Morgan fingerprint density at radius 2 is 2.08 bits per heavy atom. The van der Waals surface area contributed by atoms with Gasteiger partial charge in [-0.15, -0.1) is 0 Å². The van der Waals surface area contributed by atoms with E-state index in [-0.39, 0.29) is 6.04 Å². The van der Waals surface area contributed by atoms with E-state index in [4.69, 9.17) is 5.73 Å². The zero-order valence-corrected chi connectivity index (χ0v) is 9.38. The molecule has 72 valence electrons. The van der Waals surface area contributed by atoms with Crippen molar-refractivity contribution in [3.63, 3.8) is 0 Å². The molecule has 2 atom stereocenters. The molecule has 3 heteroatoms. The number of aliphatic hydroxyl groups is 1. The van der Waals surface area contributed by atoms with E-state index in [2.05, 4.69) is 15.9 Å². The van der Waals surface area contributed by atoms with Crippen molar-refractivity contribution >= 4 is 15.9 Å². The first-order chi connectivity index (χ1) is 6.02. The van der Waals surface area contributed by atoms with Crippen LogP contribution >= 0.6 is 15.9 Å². The molecule has 1 aromatic carbocycles. The van der Waals surface area contributed by atoms with Gasteiger partial charge in [0.1, 0.15) is 0 Å². The molecule has 3 N–H and O–H groups in total. The first-order valence-electron chi connectivity index (χ1n) is 4.22. The minimum Gasteiger partial charge on any atom is -0.391 e. The smallest absolute Gasteiger partial charge is 0.0705 e. The Morgan fingerprint density at radius 3 is 2.54 bits per heavy atom. The van der Waals surface area contributed by atoms with Crippen LogP contribution in [0.25, 0.3) is 0 Å². The van der Waals surface area contributed by atoms with Gasteiger partial charge in [0.2, 0.25) is 0 Å². The summed E-state index contributed by atoms with van der Waals surface area (Å²) < 4.78 is 0.959. The molecule has 0 radical (unpaired) electrons. The average Bonchev–Trinajstić information content (AvgIpc) is 2.03. The molecular weight excluding hydrogens is 230 g/mol. The topological polar surface area (TPSA) is 46.2 Å². The summed E-state index contributed by atoms with van der Waals surface area (Å²) in [6.07, 6.45) is -0.529. The third kappa shape index (κ3) is 2.53. The second kappa shape index (κ2) is 4.22. The zero-order chi connectivity index (χ0) is 10.0. The Balaban J connectivity index is 3.01. The molecule has 0 amide bonds. The molecule has 0 saturated heterocycles. The van der Waals surface area contributed by atoms with Crippen molar-refractivity contribution in [2.45, 2.75) is 26.0 Å². The lowest BCUT2D eigenvalue weighted by Crippen LogP contribution is -2.23. The predicted octanol–water partition coefficient (Wildman–Crippen LogP) is 2.14. The molecule has 0 fully saturated rings. The van der Waals surface area contributed by atoms with Gasteiger partial charge >= 0.3 is 0 Å². The van der Waals surface area contributed by atoms with Gasteiger partial charge in [-0.2, -0.15) is 0 Å². The number of nitrogens with two attached hydrogens (primary N) is 1. The maximum Gasteiger partial charge on any atom is 0.0705 e. The lowest BCUT2D eigenvalue weighted by molar-refractivity contribution is 0.164. The van der Waals surface area contributed by atoms with Crippen LogP contribution in [0.15, 0.2) is 22.7 Å². The minimum atomic E-state index is -0.529. The molecule has 0 heterocycles. The fraction of sp³-hybridized carbons (Fsp3) is 0.400. The third-order valence-corrected chi connectivity index (χ3v) is 2.72. The molecular formula is C10H14BrNO. The Bertz CT molecular complexity index is 299. The first-order valence-corrected chi connectivity index (χ1v) is 5.01. The van der Waals surface area contributed by atoms with Gasteiger partial charge in [-0.1, -0.05) is 28.1 Å². The molecule has 0 aliphatic carbocycles. The summed E-state index contributed by atoms with van der Waals surface area (Å²) >= 11 is 3.42. The summed E-state index contributed by atoms with van der Waals surface area (Å²) in [6, 6.07) is 5.60. The van der Waals surface area contributed by atoms with E-state index in [0.29, 0.717) is 0 Å². The number of aliphatic hydroxyl groups excluding tert-OH is 1. The number of hydrogen-bond donors (Lipinski definition) is 2. The van der Waals surface area contributed by atoms with Gasteiger partial charge < -0.3 is 10.8 Å². The average molecular weight is 244 g/mol. The Morgan fingerprint density at radius 1 is 1.46 bits per heavy atom. The number of aryl methyl sites for hydroxylation is 1. The molecule has 13 heavy (non-hydrogen) atoms. The number of benzene rings is 1. The third-order valence-electron chi connectivity index (χ3n) is 2.03. The van der Waals surface area contributed by atoms with Crippen LogP contribution in [0.1, 0.15) is 24.1 Å². The number of hydrogen-bond acceptors (Lipinski definition) is 2. The van der Waals surface area contributed by atoms with Crippen LogP contribution in [0.5, 0.6) is 0 Å². The van der Waals surface area contributed by atoms with Crippen LogP contribution in [-0.2, 0) is 0 Å². The lowest BCUT2D eigenvalue weighted by Gasteiger charge is -2.16. The molecule has 0 bridgehead atoms. The molecule has 2 nitrogen and oxygen atoms in total. The Labute approximate surface area is 86.9 Å². The van der Waals surface area contributed by atoms with Gasteiger partial charge in [0, 0.05) is 4.47 Å². The molecule has 0 aliphatic heterocycles. The van der Waals surface area contributed by atoms with Crippen molar-refractivity contribution in [2.75, 3.05) is 0 Å². The molecule has 1 aromatic rings. The van der Waals surface area contributed by atoms with E-state index >= 15 is 0 Å². The van der Waals surface area contributed by atoms with E-state index < -0.39 is 6.10 Å². The largest absolute Gasteiger partial charge is 0.391 e. The maximum atomic E-state index is 9.32. The second-order valence-corrected chi connectivity index (χ2v) is 4.15. The van der Waals surface area contributed by atoms with Crippen LogP contribution < -0.4 is 5.73 Å². The molecule has 0 aromatic heterocycles. The summed E-state index contributed by atoms with van der Waals surface area (Å²) in [5, 5.41) is 9.32. The van der Waals surface area contributed by atoms with Gasteiger partial charge in [0.15, 0.2) is 0 Å². The fourth-order valence-electron chi connectivity index (χ4n) is 1.16.